The summed E-state index contributed by atoms with van der Waals surface area (Å²) in [5.74, 6) is 0.574. The minimum absolute atomic E-state index is 0.0780. The van der Waals surface area contributed by atoms with Gasteiger partial charge in [-0.25, -0.2) is 9.18 Å². The highest BCUT2D eigenvalue weighted by atomic mass is 19.1. The summed E-state index contributed by atoms with van der Waals surface area (Å²) >= 11 is 0. The number of halogens is 1. The number of carbonyl (C=O) groups is 2. The average Bonchev–Trinajstić information content (AvgIpc) is 3.33. The molecule has 9 nitrogen and oxygen atoms in total. The zero-order chi connectivity index (χ0) is 21.6. The van der Waals surface area contributed by atoms with Crippen molar-refractivity contribution < 1.29 is 28.0 Å². The minimum Gasteiger partial charge on any atom is -0.486 e. The molecule has 2 aliphatic rings. The Morgan fingerprint density at radius 2 is 1.84 bits per heavy atom. The molecule has 0 radical (unpaired) electrons. The Bertz CT molecular complexity index is 1180. The normalized spacial score (nSPS) is 20.1. The number of fused-ring (bicyclic) bond motifs is 1. The first-order valence-electron chi connectivity index (χ1n) is 9.57. The van der Waals surface area contributed by atoms with E-state index in [4.69, 9.17) is 14.0 Å². The van der Waals surface area contributed by atoms with E-state index < -0.39 is 17.5 Å². The highest BCUT2D eigenvalue weighted by molar-refractivity contribution is 6.07. The molecule has 1 atom stereocenters. The van der Waals surface area contributed by atoms with Crippen LogP contribution in [-0.2, 0) is 16.9 Å². The lowest BCUT2D eigenvalue weighted by Crippen LogP contribution is -2.41. The third-order valence-corrected chi connectivity index (χ3v) is 5.26. The van der Waals surface area contributed by atoms with Gasteiger partial charge in [0, 0.05) is 5.56 Å². The highest BCUT2D eigenvalue weighted by Gasteiger charge is 2.49. The summed E-state index contributed by atoms with van der Waals surface area (Å²) < 4.78 is 29.4. The van der Waals surface area contributed by atoms with Crippen molar-refractivity contribution in [3.05, 3.63) is 59.7 Å². The van der Waals surface area contributed by atoms with E-state index in [1.165, 1.54) is 24.3 Å². The molecule has 1 aromatic heterocycles. The smallest absolute Gasteiger partial charge is 0.325 e. The lowest BCUT2D eigenvalue weighted by atomic mass is 9.91. The highest BCUT2D eigenvalue weighted by Crippen LogP contribution is 2.37. The Hall–Kier alpha value is -3.95. The van der Waals surface area contributed by atoms with E-state index in [0.717, 1.165) is 4.90 Å². The molecule has 3 aromatic rings. The van der Waals surface area contributed by atoms with Gasteiger partial charge in [0.25, 0.3) is 5.91 Å². The van der Waals surface area contributed by atoms with E-state index in [1.807, 2.05) is 0 Å². The lowest BCUT2D eigenvalue weighted by molar-refractivity contribution is -0.131. The quantitative estimate of drug-likeness (QED) is 0.642. The summed E-state index contributed by atoms with van der Waals surface area (Å²) in [7, 11) is 0. The topological polar surface area (TPSA) is 107 Å². The molecular formula is C21H17FN4O5. The van der Waals surface area contributed by atoms with Crippen molar-refractivity contribution in [3.63, 3.8) is 0 Å². The van der Waals surface area contributed by atoms with Crippen LogP contribution < -0.4 is 14.8 Å². The summed E-state index contributed by atoms with van der Waals surface area (Å²) in [6, 6.07) is 10.1. The van der Waals surface area contributed by atoms with E-state index in [0.29, 0.717) is 35.8 Å². The van der Waals surface area contributed by atoms with Crippen LogP contribution in [0.1, 0.15) is 18.4 Å². The van der Waals surface area contributed by atoms with E-state index in [1.54, 1.807) is 25.1 Å². The Balaban J connectivity index is 1.37. The van der Waals surface area contributed by atoms with Gasteiger partial charge in [-0.3, -0.25) is 9.69 Å². The molecule has 0 unspecified atom stereocenters. The number of rotatable bonds is 4. The summed E-state index contributed by atoms with van der Waals surface area (Å²) in [4.78, 5) is 31.0. The Morgan fingerprint density at radius 1 is 1.10 bits per heavy atom. The SMILES string of the molecule is C[C@@]1(c2ccc3c(c2)OCCO3)NC(=O)N(Cc2nc(-c3ccc(F)cc3)no2)C1=O. The molecule has 5 rings (SSSR count). The second kappa shape index (κ2) is 7.08. The van der Waals surface area contributed by atoms with Gasteiger partial charge in [-0.1, -0.05) is 11.2 Å². The number of amides is 3. The van der Waals surface area contributed by atoms with Gasteiger partial charge in [0.05, 0.1) is 0 Å². The predicted octanol–water partition coefficient (Wildman–Crippen LogP) is 2.61. The van der Waals surface area contributed by atoms with Gasteiger partial charge in [-0.15, -0.1) is 0 Å². The first-order chi connectivity index (χ1) is 14.9. The van der Waals surface area contributed by atoms with Crippen LogP contribution in [-0.4, -0.2) is 40.2 Å². The number of nitrogens with one attached hydrogen (secondary N) is 1. The molecule has 0 bridgehead atoms. The van der Waals surface area contributed by atoms with E-state index >= 15 is 0 Å². The molecule has 1 saturated heterocycles. The summed E-state index contributed by atoms with van der Waals surface area (Å²) in [6.45, 7) is 2.29. The number of urea groups is 1. The maximum Gasteiger partial charge on any atom is 0.325 e. The Morgan fingerprint density at radius 3 is 2.61 bits per heavy atom. The number of benzene rings is 2. The van der Waals surface area contributed by atoms with Gasteiger partial charge in [0.2, 0.25) is 11.7 Å². The van der Waals surface area contributed by atoms with Crippen molar-refractivity contribution in [2.75, 3.05) is 13.2 Å². The zero-order valence-electron chi connectivity index (χ0n) is 16.4. The standard InChI is InChI=1S/C21H17FN4O5/c1-21(13-4-7-15-16(10-13)30-9-8-29-15)19(27)26(20(28)24-21)11-17-23-18(25-31-17)12-2-5-14(22)6-3-12/h2-7,10H,8-9,11H2,1H3,(H,24,28)/t21-/m0/s1. The van der Waals surface area contributed by atoms with Crippen LogP contribution in [0.3, 0.4) is 0 Å². The van der Waals surface area contributed by atoms with Gasteiger partial charge in [0.15, 0.2) is 11.5 Å². The fraction of sp³-hybridized carbons (Fsp3) is 0.238. The van der Waals surface area contributed by atoms with Crippen molar-refractivity contribution in [3.8, 4) is 22.9 Å². The average molecular weight is 424 g/mol. The minimum atomic E-state index is -1.28. The van der Waals surface area contributed by atoms with Crippen molar-refractivity contribution in [2.45, 2.75) is 19.0 Å². The van der Waals surface area contributed by atoms with Gasteiger partial charge in [-0.2, -0.15) is 4.98 Å². The third-order valence-electron chi connectivity index (χ3n) is 5.26. The zero-order valence-corrected chi connectivity index (χ0v) is 16.4. The van der Waals surface area contributed by atoms with Gasteiger partial charge in [-0.05, 0) is 48.9 Å². The number of ether oxygens (including phenoxy) is 2. The van der Waals surface area contributed by atoms with Crippen LogP contribution in [0.25, 0.3) is 11.4 Å². The molecule has 0 aliphatic carbocycles. The van der Waals surface area contributed by atoms with Crippen molar-refractivity contribution in [1.29, 1.82) is 0 Å². The van der Waals surface area contributed by atoms with Crippen LogP contribution in [0.5, 0.6) is 11.5 Å². The van der Waals surface area contributed by atoms with Crippen LogP contribution in [0, 0.1) is 5.82 Å². The van der Waals surface area contributed by atoms with Crippen molar-refractivity contribution >= 4 is 11.9 Å². The van der Waals surface area contributed by atoms with E-state index in [-0.39, 0.29) is 24.1 Å². The second-order valence-corrected chi connectivity index (χ2v) is 7.32. The number of nitrogens with zero attached hydrogens (tertiary/aromatic N) is 3. The van der Waals surface area contributed by atoms with Crippen molar-refractivity contribution in [1.82, 2.24) is 20.4 Å². The molecule has 10 heteroatoms. The largest absolute Gasteiger partial charge is 0.486 e. The monoisotopic (exact) mass is 424 g/mol. The molecule has 2 aromatic carbocycles. The number of hydrogen-bond acceptors (Lipinski definition) is 7. The maximum atomic E-state index is 13.2. The third kappa shape index (κ3) is 3.25. The van der Waals surface area contributed by atoms with Crippen LogP contribution in [0.2, 0.25) is 0 Å². The number of aromatic nitrogens is 2. The molecule has 0 saturated carbocycles. The summed E-state index contributed by atoms with van der Waals surface area (Å²) in [5.41, 5.74) is -0.169. The second-order valence-electron chi connectivity index (χ2n) is 7.32. The molecule has 158 valence electrons. The van der Waals surface area contributed by atoms with Crippen LogP contribution in [0.15, 0.2) is 47.0 Å². The molecule has 31 heavy (non-hydrogen) atoms. The van der Waals surface area contributed by atoms with Gasteiger partial charge < -0.3 is 19.3 Å². The molecular weight excluding hydrogens is 407 g/mol. The predicted molar refractivity (Wildman–Crippen MR) is 104 cm³/mol. The molecule has 3 heterocycles. The summed E-state index contributed by atoms with van der Waals surface area (Å²) in [5, 5.41) is 6.57. The first-order valence-corrected chi connectivity index (χ1v) is 9.57. The van der Waals surface area contributed by atoms with Gasteiger partial charge in [0.1, 0.15) is 31.1 Å². The number of carbonyl (C=O) groups excluding carboxylic acids is 2. The fourth-order valence-electron chi connectivity index (χ4n) is 3.56. The fourth-order valence-corrected chi connectivity index (χ4v) is 3.56. The Labute approximate surface area is 175 Å². The van der Waals surface area contributed by atoms with Crippen LogP contribution in [0.4, 0.5) is 9.18 Å². The molecule has 0 spiro atoms. The molecule has 3 amide bonds. The summed E-state index contributed by atoms with van der Waals surface area (Å²) in [6.07, 6.45) is 0. The first kappa shape index (κ1) is 19.0. The Kier molecular flexibility index (Phi) is 4.35. The number of imide groups is 1. The molecule has 1 N–H and O–H groups in total. The number of hydrogen-bond donors (Lipinski definition) is 1. The van der Waals surface area contributed by atoms with E-state index in [2.05, 4.69) is 15.5 Å². The molecule has 2 aliphatic heterocycles. The van der Waals surface area contributed by atoms with E-state index in [9.17, 15) is 14.0 Å². The lowest BCUT2D eigenvalue weighted by Gasteiger charge is -2.25. The molecule has 1 fully saturated rings. The van der Waals surface area contributed by atoms with Crippen molar-refractivity contribution in [2.24, 2.45) is 0 Å². The van der Waals surface area contributed by atoms with Gasteiger partial charge >= 0.3 is 6.03 Å². The van der Waals surface area contributed by atoms with Crippen LogP contribution >= 0.6 is 0 Å². The maximum absolute atomic E-state index is 13.2.